The summed E-state index contributed by atoms with van der Waals surface area (Å²) in [6.07, 6.45) is 3.68. The van der Waals surface area contributed by atoms with Gasteiger partial charge >= 0.3 is 0 Å². The van der Waals surface area contributed by atoms with Crippen LogP contribution in [-0.2, 0) is 4.74 Å². The van der Waals surface area contributed by atoms with Crippen molar-refractivity contribution in [3.8, 4) is 0 Å². The maximum absolute atomic E-state index is 13.5. The molecule has 2 heterocycles. The van der Waals surface area contributed by atoms with Gasteiger partial charge in [-0.25, -0.2) is 4.39 Å². The summed E-state index contributed by atoms with van der Waals surface area (Å²) in [7, 11) is 0. The van der Waals surface area contributed by atoms with Crippen molar-refractivity contribution in [2.75, 3.05) is 13.2 Å². The third kappa shape index (κ3) is 3.77. The van der Waals surface area contributed by atoms with Gasteiger partial charge in [-0.15, -0.1) is 0 Å². The largest absolute Gasteiger partial charge is 0.381 e. The smallest absolute Gasteiger partial charge is 0.144 e. The quantitative estimate of drug-likeness (QED) is 0.783. The van der Waals surface area contributed by atoms with Crippen molar-refractivity contribution in [2.24, 2.45) is 5.92 Å². The Balaban J connectivity index is 0.000000686. The molecule has 2 rings (SSSR count). The highest BCUT2D eigenvalue weighted by Gasteiger charge is 2.24. The van der Waals surface area contributed by atoms with Gasteiger partial charge in [0.15, 0.2) is 0 Å². The zero-order valence-corrected chi connectivity index (χ0v) is 10.9. The van der Waals surface area contributed by atoms with E-state index in [2.05, 4.69) is 11.9 Å². The summed E-state index contributed by atoms with van der Waals surface area (Å²) >= 11 is 0. The van der Waals surface area contributed by atoms with Crippen molar-refractivity contribution >= 4 is 0 Å². The lowest BCUT2D eigenvalue weighted by molar-refractivity contribution is 0.0588. The molecule has 1 aromatic rings. The van der Waals surface area contributed by atoms with Gasteiger partial charge in [-0.1, -0.05) is 20.8 Å². The normalized spacial score (nSPS) is 18.1. The summed E-state index contributed by atoms with van der Waals surface area (Å²) in [5.74, 6) is 0.509. The lowest BCUT2D eigenvalue weighted by Gasteiger charge is -2.27. The Morgan fingerprint density at radius 1 is 1.35 bits per heavy atom. The predicted octanol–water partition coefficient (Wildman–Crippen LogP) is 3.78. The van der Waals surface area contributed by atoms with Crippen LogP contribution in [0.1, 0.15) is 45.2 Å². The van der Waals surface area contributed by atoms with Gasteiger partial charge in [0.2, 0.25) is 0 Å². The molecule has 1 aliphatic rings. The fourth-order valence-electron chi connectivity index (χ4n) is 2.17. The van der Waals surface area contributed by atoms with E-state index in [-0.39, 0.29) is 11.7 Å². The van der Waals surface area contributed by atoms with Crippen molar-refractivity contribution in [1.82, 2.24) is 4.98 Å². The second-order valence-corrected chi connectivity index (χ2v) is 4.11. The molecule has 0 aliphatic carbocycles. The molecule has 17 heavy (non-hydrogen) atoms. The molecule has 0 spiro atoms. The molecule has 0 amide bonds. The topological polar surface area (TPSA) is 22.1 Å². The van der Waals surface area contributed by atoms with Crippen LogP contribution >= 0.6 is 0 Å². The van der Waals surface area contributed by atoms with Gasteiger partial charge < -0.3 is 4.74 Å². The highest BCUT2D eigenvalue weighted by atomic mass is 19.1. The van der Waals surface area contributed by atoms with E-state index in [1.54, 1.807) is 12.3 Å². The molecule has 0 radical (unpaired) electrons. The van der Waals surface area contributed by atoms with Crippen molar-refractivity contribution in [1.29, 1.82) is 0 Å². The summed E-state index contributed by atoms with van der Waals surface area (Å²) < 4.78 is 18.8. The first-order chi connectivity index (χ1) is 8.29. The van der Waals surface area contributed by atoms with E-state index in [0.717, 1.165) is 26.1 Å². The van der Waals surface area contributed by atoms with E-state index < -0.39 is 0 Å². The van der Waals surface area contributed by atoms with Crippen LogP contribution in [0.4, 0.5) is 4.39 Å². The molecule has 0 N–H and O–H groups in total. The van der Waals surface area contributed by atoms with Crippen LogP contribution < -0.4 is 0 Å². The molecule has 1 aromatic heterocycles. The van der Waals surface area contributed by atoms with Gasteiger partial charge in [0, 0.05) is 25.3 Å². The van der Waals surface area contributed by atoms with Gasteiger partial charge in [0.05, 0.1) is 5.69 Å². The number of rotatable bonds is 2. The average molecular weight is 239 g/mol. The second kappa shape index (κ2) is 7.38. The molecule has 3 heteroatoms. The maximum atomic E-state index is 13.5. The fraction of sp³-hybridized carbons (Fsp3) is 0.643. The van der Waals surface area contributed by atoms with Gasteiger partial charge in [0.25, 0.3) is 0 Å². The Kier molecular flexibility index (Phi) is 6.12. The van der Waals surface area contributed by atoms with E-state index in [9.17, 15) is 4.39 Å². The number of nitrogens with zero attached hydrogens (tertiary/aromatic N) is 1. The Labute approximate surface area is 103 Å². The van der Waals surface area contributed by atoms with E-state index >= 15 is 0 Å². The Morgan fingerprint density at radius 2 is 2.00 bits per heavy atom. The molecule has 1 fully saturated rings. The fourth-order valence-corrected chi connectivity index (χ4v) is 2.17. The van der Waals surface area contributed by atoms with Crippen LogP contribution in [0.25, 0.3) is 0 Å². The van der Waals surface area contributed by atoms with Crippen LogP contribution in [0.2, 0.25) is 0 Å². The Bertz CT molecular complexity index is 324. The van der Waals surface area contributed by atoms with E-state index in [1.807, 2.05) is 13.8 Å². The first-order valence-electron chi connectivity index (χ1n) is 6.47. The maximum Gasteiger partial charge on any atom is 0.144 e. The Morgan fingerprint density at radius 3 is 2.59 bits per heavy atom. The number of pyridine rings is 1. The number of ether oxygens (including phenoxy) is 1. The molecule has 1 saturated heterocycles. The number of aromatic nitrogens is 1. The lowest BCUT2D eigenvalue weighted by Crippen LogP contribution is -2.21. The van der Waals surface area contributed by atoms with Gasteiger partial charge in [-0.05, 0) is 30.9 Å². The molecule has 96 valence electrons. The minimum atomic E-state index is -0.184. The number of halogens is 1. The van der Waals surface area contributed by atoms with Gasteiger partial charge in [-0.2, -0.15) is 0 Å². The highest BCUT2D eigenvalue weighted by molar-refractivity contribution is 5.12. The van der Waals surface area contributed by atoms with E-state index in [0.29, 0.717) is 11.6 Å². The Hall–Kier alpha value is -0.960. The first-order valence-corrected chi connectivity index (χ1v) is 6.47. The summed E-state index contributed by atoms with van der Waals surface area (Å²) in [6, 6.07) is 3.12. The van der Waals surface area contributed by atoms with Crippen molar-refractivity contribution in [3.05, 3.63) is 29.8 Å². The molecule has 2 nitrogen and oxygen atoms in total. The zero-order valence-electron chi connectivity index (χ0n) is 10.9. The third-order valence-electron chi connectivity index (χ3n) is 3.19. The van der Waals surface area contributed by atoms with Crippen LogP contribution in [0.5, 0.6) is 0 Å². The molecule has 1 unspecified atom stereocenters. The average Bonchev–Trinajstić information content (AvgIpc) is 2.42. The van der Waals surface area contributed by atoms with Gasteiger partial charge in [0.1, 0.15) is 5.82 Å². The second-order valence-electron chi connectivity index (χ2n) is 4.11. The minimum Gasteiger partial charge on any atom is -0.381 e. The van der Waals surface area contributed by atoms with Crippen molar-refractivity contribution < 1.29 is 9.13 Å². The van der Waals surface area contributed by atoms with E-state index in [1.165, 1.54) is 6.07 Å². The van der Waals surface area contributed by atoms with Crippen LogP contribution in [0.3, 0.4) is 0 Å². The molecule has 0 bridgehead atoms. The molecule has 0 saturated carbocycles. The summed E-state index contributed by atoms with van der Waals surface area (Å²) in [5.41, 5.74) is 0.601. The van der Waals surface area contributed by atoms with E-state index in [4.69, 9.17) is 4.74 Å². The van der Waals surface area contributed by atoms with Gasteiger partial charge in [-0.3, -0.25) is 4.98 Å². The zero-order chi connectivity index (χ0) is 12.7. The molecule has 1 aliphatic heterocycles. The number of hydrogen-bond donors (Lipinski definition) is 0. The summed E-state index contributed by atoms with van der Waals surface area (Å²) in [6.45, 7) is 7.65. The van der Waals surface area contributed by atoms with Crippen molar-refractivity contribution in [3.63, 3.8) is 0 Å². The number of hydrogen-bond acceptors (Lipinski definition) is 2. The van der Waals surface area contributed by atoms with Crippen LogP contribution in [0.15, 0.2) is 18.3 Å². The standard InChI is InChI=1S/C12H16FNO.C2H6/c1-9(10-4-7-15-8-5-10)12-11(13)3-2-6-14-12;1-2/h2-3,6,9-10H,4-5,7-8H2,1H3;1-2H3. The summed E-state index contributed by atoms with van der Waals surface area (Å²) in [5, 5.41) is 0. The van der Waals surface area contributed by atoms with Crippen LogP contribution in [-0.4, -0.2) is 18.2 Å². The molecule has 1 atom stereocenters. The third-order valence-corrected chi connectivity index (χ3v) is 3.19. The monoisotopic (exact) mass is 239 g/mol. The predicted molar refractivity (Wildman–Crippen MR) is 67.5 cm³/mol. The first kappa shape index (κ1) is 14.1. The lowest BCUT2D eigenvalue weighted by atomic mass is 9.85. The SMILES string of the molecule is CC.CC(c1ncccc1F)C1CCOCC1. The molecule has 0 aromatic carbocycles. The minimum absolute atomic E-state index is 0.184. The molecular formula is C14H22FNO. The van der Waals surface area contributed by atoms with Crippen LogP contribution in [0, 0.1) is 11.7 Å². The van der Waals surface area contributed by atoms with Crippen molar-refractivity contribution in [2.45, 2.75) is 39.5 Å². The highest BCUT2D eigenvalue weighted by Crippen LogP contribution is 2.31. The molecular weight excluding hydrogens is 217 g/mol. The summed E-state index contributed by atoms with van der Waals surface area (Å²) in [4.78, 5) is 4.14.